The summed E-state index contributed by atoms with van der Waals surface area (Å²) in [7, 11) is 0. The van der Waals surface area contributed by atoms with Crippen LogP contribution in [0.2, 0.25) is 0 Å². The number of carboxylic acids is 1. The Morgan fingerprint density at radius 2 is 2.00 bits per heavy atom. The molecule has 0 aliphatic carbocycles. The molecule has 94 valence electrons. The van der Waals surface area contributed by atoms with Gasteiger partial charge in [0.25, 0.3) is 0 Å². The first-order chi connectivity index (χ1) is 7.38. The number of rotatable bonds is 6. The molecule has 0 rings (SSSR count). The number of carboxylic acid groups (broad SMARTS) is 1. The summed E-state index contributed by atoms with van der Waals surface area (Å²) >= 11 is 0. The number of carbonyl (C=O) groups excluding carboxylic acids is 1. The number of ether oxygens (including phenoxy) is 1. The molecule has 0 aromatic carbocycles. The molecule has 5 nitrogen and oxygen atoms in total. The molecule has 6 heteroatoms. The fraction of sp³-hybridized carbons (Fsp3) is 0.636. The van der Waals surface area contributed by atoms with Crippen molar-refractivity contribution in [3.05, 3.63) is 11.8 Å². The third-order valence-electron chi connectivity index (χ3n) is 1.94. The summed E-state index contributed by atoms with van der Waals surface area (Å²) < 4.78 is 4.71. The van der Waals surface area contributed by atoms with Gasteiger partial charge in [-0.3, -0.25) is 0 Å². The molecule has 17 heavy (non-hydrogen) atoms. The second-order valence-electron chi connectivity index (χ2n) is 3.78. The van der Waals surface area contributed by atoms with Gasteiger partial charge in [0.05, 0.1) is 6.61 Å². The van der Waals surface area contributed by atoms with Gasteiger partial charge >= 0.3 is 41.5 Å². The van der Waals surface area contributed by atoms with E-state index in [0.29, 0.717) is 12.3 Å². The average Bonchev–Trinajstić information content (AvgIpc) is 2.13. The van der Waals surface area contributed by atoms with Crippen molar-refractivity contribution in [2.75, 3.05) is 6.61 Å². The van der Waals surface area contributed by atoms with Crippen LogP contribution in [0.1, 0.15) is 29.1 Å². The Kier molecular flexibility index (Phi) is 10.5. The van der Waals surface area contributed by atoms with Crippen LogP contribution in [0.5, 0.6) is 0 Å². The van der Waals surface area contributed by atoms with Crippen LogP contribution in [0.25, 0.3) is 0 Å². The van der Waals surface area contributed by atoms with Crippen LogP contribution in [0, 0.1) is 5.92 Å². The maximum absolute atomic E-state index is 11.1. The topological polar surface area (TPSA) is 75.6 Å². The summed E-state index contributed by atoms with van der Waals surface area (Å²) in [5.41, 5.74) is 0.486. The van der Waals surface area contributed by atoms with Gasteiger partial charge in [0.2, 0.25) is 0 Å². The van der Waals surface area contributed by atoms with Gasteiger partial charge in [-0.1, -0.05) is 13.8 Å². The second kappa shape index (κ2) is 9.50. The van der Waals surface area contributed by atoms with E-state index in [0.717, 1.165) is 0 Å². The number of esters is 1. The maximum Gasteiger partial charge on any atom is 1.00 e. The standard InChI is InChI=1S/C11H19NO4.Na.H/c1-5-16-9(13)6-8(4)12-10(7(2)3)11(14)15;;/h6-7,10,12H,5H2,1-4H3,(H,14,15);;/q;+1;-1/b8-6+;;/t10-;;/m0../s1. The zero-order valence-corrected chi connectivity index (χ0v) is 13.1. The molecule has 0 amide bonds. The van der Waals surface area contributed by atoms with E-state index < -0.39 is 18.0 Å². The molecular formula is C11H20NNaO4. The number of carbonyl (C=O) groups is 2. The quantitative estimate of drug-likeness (QED) is 0.334. The Morgan fingerprint density at radius 1 is 1.47 bits per heavy atom. The van der Waals surface area contributed by atoms with Gasteiger partial charge in [-0.15, -0.1) is 0 Å². The summed E-state index contributed by atoms with van der Waals surface area (Å²) in [4.78, 5) is 22.0. The molecule has 0 spiro atoms. The minimum atomic E-state index is -0.938. The van der Waals surface area contributed by atoms with E-state index >= 15 is 0 Å². The van der Waals surface area contributed by atoms with Gasteiger partial charge in [-0.2, -0.15) is 0 Å². The predicted molar refractivity (Wildman–Crippen MR) is 60.9 cm³/mol. The van der Waals surface area contributed by atoms with Crippen molar-refractivity contribution in [1.29, 1.82) is 0 Å². The van der Waals surface area contributed by atoms with Crippen LogP contribution in [0.3, 0.4) is 0 Å². The first kappa shape index (κ1) is 18.8. The summed E-state index contributed by atoms with van der Waals surface area (Å²) in [5.74, 6) is -1.48. The van der Waals surface area contributed by atoms with Crippen LogP contribution in [-0.2, 0) is 14.3 Å². The van der Waals surface area contributed by atoms with Crippen molar-refractivity contribution in [2.45, 2.75) is 33.7 Å². The zero-order valence-electron chi connectivity index (χ0n) is 12.1. The van der Waals surface area contributed by atoms with Gasteiger partial charge in [0.15, 0.2) is 0 Å². The van der Waals surface area contributed by atoms with Crippen molar-refractivity contribution in [3.8, 4) is 0 Å². The van der Waals surface area contributed by atoms with Crippen molar-refractivity contribution in [1.82, 2.24) is 5.32 Å². The Balaban J connectivity index is -0.00000112. The van der Waals surface area contributed by atoms with Crippen LogP contribution < -0.4 is 34.9 Å². The number of hydrogen-bond donors (Lipinski definition) is 2. The van der Waals surface area contributed by atoms with Gasteiger partial charge < -0.3 is 16.6 Å². The molecule has 1 atom stereocenters. The Bertz CT molecular complexity index is 295. The minimum Gasteiger partial charge on any atom is -1.00 e. The number of hydrogen-bond acceptors (Lipinski definition) is 4. The first-order valence-electron chi connectivity index (χ1n) is 5.22. The third kappa shape index (κ3) is 8.24. The number of allylic oxidation sites excluding steroid dienone is 1. The van der Waals surface area contributed by atoms with E-state index in [2.05, 4.69) is 5.32 Å². The Hall–Kier alpha value is -0.520. The first-order valence-corrected chi connectivity index (χ1v) is 5.22. The van der Waals surface area contributed by atoms with Gasteiger partial charge in [-0.25, -0.2) is 9.59 Å². The normalized spacial score (nSPS) is 12.6. The largest absolute Gasteiger partial charge is 1.00 e. The molecule has 0 saturated heterocycles. The molecule has 2 N–H and O–H groups in total. The Morgan fingerprint density at radius 3 is 2.35 bits per heavy atom. The van der Waals surface area contributed by atoms with E-state index in [9.17, 15) is 9.59 Å². The molecule has 0 aliphatic rings. The second-order valence-corrected chi connectivity index (χ2v) is 3.78. The molecular weight excluding hydrogens is 233 g/mol. The number of aliphatic carboxylic acids is 1. The predicted octanol–water partition coefficient (Wildman–Crippen LogP) is -1.73. The molecule has 0 unspecified atom stereocenters. The smallest absolute Gasteiger partial charge is 1.00 e. The van der Waals surface area contributed by atoms with E-state index in [-0.39, 0.29) is 36.9 Å². The van der Waals surface area contributed by atoms with Crippen molar-refractivity contribution in [2.24, 2.45) is 5.92 Å². The van der Waals surface area contributed by atoms with E-state index in [4.69, 9.17) is 9.84 Å². The fourth-order valence-corrected chi connectivity index (χ4v) is 1.16. The van der Waals surface area contributed by atoms with E-state index in [1.165, 1.54) is 6.08 Å². The summed E-state index contributed by atoms with van der Waals surface area (Å²) in [6.07, 6.45) is 1.25. The summed E-state index contributed by atoms with van der Waals surface area (Å²) in [6, 6.07) is -0.703. The molecule has 0 fully saturated rings. The fourth-order valence-electron chi connectivity index (χ4n) is 1.16. The molecule has 0 bridgehead atoms. The summed E-state index contributed by atoms with van der Waals surface area (Å²) in [5, 5.41) is 11.7. The van der Waals surface area contributed by atoms with Crippen molar-refractivity contribution >= 4 is 11.9 Å². The Labute approximate surface area is 125 Å². The van der Waals surface area contributed by atoms with Crippen LogP contribution in [-0.4, -0.2) is 29.7 Å². The van der Waals surface area contributed by atoms with Gasteiger partial charge in [-0.05, 0) is 19.8 Å². The molecule has 0 aromatic rings. The van der Waals surface area contributed by atoms with Crippen LogP contribution >= 0.6 is 0 Å². The van der Waals surface area contributed by atoms with Gasteiger partial charge in [0, 0.05) is 11.8 Å². The molecule has 0 radical (unpaired) electrons. The third-order valence-corrected chi connectivity index (χ3v) is 1.94. The van der Waals surface area contributed by atoms with Crippen LogP contribution in [0.15, 0.2) is 11.8 Å². The van der Waals surface area contributed by atoms with Gasteiger partial charge in [0.1, 0.15) is 6.04 Å². The molecule has 0 aromatic heterocycles. The molecule has 0 heterocycles. The van der Waals surface area contributed by atoms with Crippen molar-refractivity contribution in [3.63, 3.8) is 0 Å². The molecule has 0 saturated carbocycles. The SMILES string of the molecule is CCOC(=O)/C=C(\C)N[C@H](C(=O)O)C(C)C.[H-].[Na+]. The average molecular weight is 253 g/mol. The monoisotopic (exact) mass is 253 g/mol. The summed E-state index contributed by atoms with van der Waals surface area (Å²) in [6.45, 7) is 7.24. The van der Waals surface area contributed by atoms with E-state index in [1.807, 2.05) is 0 Å². The number of nitrogens with one attached hydrogen (secondary N) is 1. The zero-order chi connectivity index (χ0) is 12.7. The minimum absolute atomic E-state index is 0. The van der Waals surface area contributed by atoms with Crippen molar-refractivity contribution < 1.29 is 50.4 Å². The van der Waals surface area contributed by atoms with Crippen LogP contribution in [0.4, 0.5) is 0 Å². The van der Waals surface area contributed by atoms with E-state index in [1.54, 1.807) is 27.7 Å². The molecule has 0 aliphatic heterocycles. The maximum atomic E-state index is 11.1.